The Morgan fingerprint density at radius 2 is 1.76 bits per heavy atom. The summed E-state index contributed by atoms with van der Waals surface area (Å²) in [5.74, 6) is 0. The lowest BCUT2D eigenvalue weighted by molar-refractivity contribution is 1.36. The van der Waals surface area contributed by atoms with Gasteiger partial charge in [0.1, 0.15) is 6.07 Å². The van der Waals surface area contributed by atoms with Crippen LogP contribution in [0.1, 0.15) is 11.1 Å². The van der Waals surface area contributed by atoms with Gasteiger partial charge in [0.15, 0.2) is 0 Å². The van der Waals surface area contributed by atoms with Crippen molar-refractivity contribution in [1.29, 1.82) is 5.26 Å². The Labute approximate surface area is 129 Å². The molecule has 0 unspecified atom stereocenters. The Morgan fingerprint density at radius 1 is 1.05 bits per heavy atom. The first-order valence-corrected chi connectivity index (χ1v) is 6.39. The monoisotopic (exact) mass is 295 g/mol. The summed E-state index contributed by atoms with van der Waals surface area (Å²) in [6.45, 7) is 2.05. The number of aryl methyl sites for hydroxylation is 1. The molecule has 0 aliphatic carbocycles. The highest BCUT2D eigenvalue weighted by Crippen LogP contribution is 2.28. The molecule has 0 aliphatic rings. The number of nitrogens with one attached hydrogen (secondary N) is 1. The van der Waals surface area contributed by atoms with Crippen molar-refractivity contribution in [3.8, 4) is 6.07 Å². The first kappa shape index (κ1) is 14.8. The molecule has 1 heterocycles. The first-order valence-electron chi connectivity index (χ1n) is 6.39. The fraction of sp³-hybridized carbons (Fsp3) is 0.0588. The Hall–Kier alpha value is -2.57. The second kappa shape index (κ2) is 6.25. The van der Waals surface area contributed by atoms with Crippen molar-refractivity contribution >= 4 is 34.7 Å². The van der Waals surface area contributed by atoms with Gasteiger partial charge >= 0.3 is 0 Å². The third-order valence-corrected chi connectivity index (χ3v) is 3.22. The average molecular weight is 296 g/mol. The SMILES string of the molecule is Cc1ccc(Nc2c(C#N)cnc3ccccc23)cc1.Cl. The summed E-state index contributed by atoms with van der Waals surface area (Å²) in [4.78, 5) is 4.31. The zero-order chi connectivity index (χ0) is 13.9. The van der Waals surface area contributed by atoms with Crippen molar-refractivity contribution < 1.29 is 0 Å². The van der Waals surface area contributed by atoms with Crippen LogP contribution in [0.2, 0.25) is 0 Å². The molecule has 104 valence electrons. The fourth-order valence-electron chi connectivity index (χ4n) is 2.14. The molecule has 0 saturated heterocycles. The summed E-state index contributed by atoms with van der Waals surface area (Å²) in [6, 6.07) is 18.1. The predicted molar refractivity (Wildman–Crippen MR) is 88.2 cm³/mol. The Bertz CT molecular complexity index is 804. The summed E-state index contributed by atoms with van der Waals surface area (Å²) in [6.07, 6.45) is 1.61. The Morgan fingerprint density at radius 3 is 2.48 bits per heavy atom. The lowest BCUT2D eigenvalue weighted by Gasteiger charge is -2.11. The van der Waals surface area contributed by atoms with Crippen molar-refractivity contribution in [3.63, 3.8) is 0 Å². The van der Waals surface area contributed by atoms with E-state index in [0.717, 1.165) is 22.3 Å². The second-order valence-corrected chi connectivity index (χ2v) is 4.67. The van der Waals surface area contributed by atoms with Gasteiger partial charge in [-0.2, -0.15) is 5.26 Å². The van der Waals surface area contributed by atoms with E-state index in [1.165, 1.54) is 5.56 Å². The van der Waals surface area contributed by atoms with Gasteiger partial charge in [-0.1, -0.05) is 35.9 Å². The van der Waals surface area contributed by atoms with E-state index in [-0.39, 0.29) is 12.4 Å². The normalized spacial score (nSPS) is 9.71. The highest BCUT2D eigenvalue weighted by atomic mass is 35.5. The maximum absolute atomic E-state index is 9.27. The maximum Gasteiger partial charge on any atom is 0.103 e. The molecule has 1 aromatic heterocycles. The third kappa shape index (κ3) is 2.96. The van der Waals surface area contributed by atoms with Crippen LogP contribution in [0.25, 0.3) is 10.9 Å². The van der Waals surface area contributed by atoms with E-state index >= 15 is 0 Å². The van der Waals surface area contributed by atoms with Crippen LogP contribution < -0.4 is 5.32 Å². The molecule has 0 aliphatic heterocycles. The molecule has 0 radical (unpaired) electrons. The highest BCUT2D eigenvalue weighted by Gasteiger charge is 2.08. The largest absolute Gasteiger partial charge is 0.354 e. The van der Waals surface area contributed by atoms with Crippen molar-refractivity contribution in [3.05, 3.63) is 65.9 Å². The van der Waals surface area contributed by atoms with Crippen LogP contribution in [0.15, 0.2) is 54.7 Å². The van der Waals surface area contributed by atoms with E-state index in [1.807, 2.05) is 55.5 Å². The lowest BCUT2D eigenvalue weighted by atomic mass is 10.1. The molecule has 4 heteroatoms. The van der Waals surface area contributed by atoms with E-state index < -0.39 is 0 Å². The second-order valence-electron chi connectivity index (χ2n) is 4.67. The smallest absolute Gasteiger partial charge is 0.103 e. The molecule has 0 atom stereocenters. The van der Waals surface area contributed by atoms with E-state index in [0.29, 0.717) is 5.56 Å². The Kier molecular flexibility index (Phi) is 4.42. The van der Waals surface area contributed by atoms with Gasteiger partial charge in [-0.15, -0.1) is 12.4 Å². The summed E-state index contributed by atoms with van der Waals surface area (Å²) >= 11 is 0. The van der Waals surface area contributed by atoms with Crippen molar-refractivity contribution in [2.24, 2.45) is 0 Å². The quantitative estimate of drug-likeness (QED) is 0.753. The number of para-hydroxylation sites is 1. The lowest BCUT2D eigenvalue weighted by Crippen LogP contribution is -1.96. The van der Waals surface area contributed by atoms with Gasteiger partial charge in [0.2, 0.25) is 0 Å². The average Bonchev–Trinajstić information content (AvgIpc) is 2.50. The summed E-state index contributed by atoms with van der Waals surface area (Å²) < 4.78 is 0. The van der Waals surface area contributed by atoms with Gasteiger partial charge in [-0.25, -0.2) is 0 Å². The zero-order valence-electron chi connectivity index (χ0n) is 11.5. The molecule has 0 saturated carbocycles. The Balaban J connectivity index is 0.00000161. The van der Waals surface area contributed by atoms with E-state index in [9.17, 15) is 5.26 Å². The number of aromatic nitrogens is 1. The van der Waals surface area contributed by atoms with E-state index in [4.69, 9.17) is 0 Å². The van der Waals surface area contributed by atoms with Gasteiger partial charge in [0.05, 0.1) is 16.8 Å². The zero-order valence-corrected chi connectivity index (χ0v) is 12.3. The molecule has 0 spiro atoms. The van der Waals surface area contributed by atoms with E-state index in [1.54, 1.807) is 6.20 Å². The number of anilines is 2. The molecule has 3 aromatic rings. The van der Waals surface area contributed by atoms with Crippen molar-refractivity contribution in [2.45, 2.75) is 6.92 Å². The summed E-state index contributed by atoms with van der Waals surface area (Å²) in [7, 11) is 0. The van der Waals surface area contributed by atoms with Crippen LogP contribution in [-0.4, -0.2) is 4.98 Å². The number of hydrogen-bond donors (Lipinski definition) is 1. The number of nitriles is 1. The molecule has 21 heavy (non-hydrogen) atoms. The summed E-state index contributed by atoms with van der Waals surface area (Å²) in [5.41, 5.74) is 4.39. The molecule has 0 amide bonds. The van der Waals surface area contributed by atoms with E-state index in [2.05, 4.69) is 16.4 Å². The molecule has 0 fully saturated rings. The van der Waals surface area contributed by atoms with Gasteiger partial charge in [-0.3, -0.25) is 4.98 Å². The number of nitrogens with zero attached hydrogens (tertiary/aromatic N) is 2. The minimum Gasteiger partial charge on any atom is -0.354 e. The third-order valence-electron chi connectivity index (χ3n) is 3.22. The standard InChI is InChI=1S/C17H13N3.ClH/c1-12-6-8-14(9-7-12)20-17-13(10-18)11-19-16-5-3-2-4-15(16)17;/h2-9,11H,1H3,(H,19,20);1H. The highest BCUT2D eigenvalue weighted by molar-refractivity contribution is 5.95. The van der Waals surface area contributed by atoms with Crippen molar-refractivity contribution in [1.82, 2.24) is 4.98 Å². The molecular formula is C17H14ClN3. The molecule has 3 nitrogen and oxygen atoms in total. The van der Waals surface area contributed by atoms with Gasteiger partial charge in [0, 0.05) is 17.3 Å². The van der Waals surface area contributed by atoms with Crippen LogP contribution in [0.5, 0.6) is 0 Å². The number of hydrogen-bond acceptors (Lipinski definition) is 3. The van der Waals surface area contributed by atoms with Crippen LogP contribution in [-0.2, 0) is 0 Å². The summed E-state index contributed by atoms with van der Waals surface area (Å²) in [5, 5.41) is 13.6. The first-order chi connectivity index (χ1) is 9.78. The van der Waals surface area contributed by atoms with Crippen molar-refractivity contribution in [2.75, 3.05) is 5.32 Å². The number of halogens is 1. The molecular weight excluding hydrogens is 282 g/mol. The molecule has 3 rings (SSSR count). The molecule has 2 aromatic carbocycles. The number of fused-ring (bicyclic) bond motifs is 1. The fourth-order valence-corrected chi connectivity index (χ4v) is 2.14. The van der Waals surface area contributed by atoms with Crippen LogP contribution in [0, 0.1) is 18.3 Å². The number of rotatable bonds is 2. The van der Waals surface area contributed by atoms with Crippen LogP contribution in [0.4, 0.5) is 11.4 Å². The molecule has 0 bridgehead atoms. The minimum atomic E-state index is 0. The van der Waals surface area contributed by atoms with Gasteiger partial charge in [-0.05, 0) is 25.1 Å². The predicted octanol–water partition coefficient (Wildman–Crippen LogP) is 4.58. The maximum atomic E-state index is 9.27. The molecule has 1 N–H and O–H groups in total. The minimum absolute atomic E-state index is 0. The van der Waals surface area contributed by atoms with Crippen LogP contribution in [0.3, 0.4) is 0 Å². The number of pyridine rings is 1. The number of benzene rings is 2. The topological polar surface area (TPSA) is 48.7 Å². The van der Waals surface area contributed by atoms with Gasteiger partial charge in [0.25, 0.3) is 0 Å². The van der Waals surface area contributed by atoms with Gasteiger partial charge < -0.3 is 5.32 Å². The van der Waals surface area contributed by atoms with Crippen LogP contribution >= 0.6 is 12.4 Å².